The van der Waals surface area contributed by atoms with Gasteiger partial charge in [-0.3, -0.25) is 4.79 Å². The van der Waals surface area contributed by atoms with Gasteiger partial charge in [-0.25, -0.2) is 0 Å². The molecule has 0 atom stereocenters. The van der Waals surface area contributed by atoms with E-state index in [1.165, 1.54) is 12.1 Å². The summed E-state index contributed by atoms with van der Waals surface area (Å²) < 4.78 is 38.3. The lowest BCUT2D eigenvalue weighted by atomic mass is 10.2. The number of carbonyl (C=O) groups excluding carboxylic acids is 1. The number of benzene rings is 1. The lowest BCUT2D eigenvalue weighted by Gasteiger charge is -2.01. The second-order valence-electron chi connectivity index (χ2n) is 3.52. The molecule has 2 rings (SSSR count). The van der Waals surface area contributed by atoms with Gasteiger partial charge in [0, 0.05) is 10.0 Å². The van der Waals surface area contributed by atoms with E-state index in [9.17, 15) is 18.0 Å². The molecule has 0 aliphatic heterocycles. The number of nitrogens with zero attached hydrogens (tertiary/aromatic N) is 3. The lowest BCUT2D eigenvalue weighted by Crippen LogP contribution is -2.17. The van der Waals surface area contributed by atoms with Gasteiger partial charge in [-0.15, -0.1) is 5.10 Å². The number of carbonyl (C=O) groups is 1. The molecule has 19 heavy (non-hydrogen) atoms. The number of rotatable bonds is 1. The molecule has 0 aliphatic rings. The predicted octanol–water partition coefficient (Wildman–Crippen LogP) is 2.33. The third-order valence-corrected chi connectivity index (χ3v) is 2.70. The maximum atomic E-state index is 12.4. The van der Waals surface area contributed by atoms with Gasteiger partial charge in [0.15, 0.2) is 0 Å². The van der Waals surface area contributed by atoms with Crippen molar-refractivity contribution in [3.8, 4) is 0 Å². The number of halogens is 4. The molecule has 0 saturated heterocycles. The SMILES string of the molecule is Nc1nc(C(F)(F)F)nn1C(=O)c1ccc(Br)cc1. The summed E-state index contributed by atoms with van der Waals surface area (Å²) in [6.45, 7) is 0. The molecule has 5 nitrogen and oxygen atoms in total. The number of anilines is 1. The van der Waals surface area contributed by atoms with Gasteiger partial charge in [-0.2, -0.15) is 22.8 Å². The van der Waals surface area contributed by atoms with Gasteiger partial charge in [0.1, 0.15) is 0 Å². The van der Waals surface area contributed by atoms with E-state index in [2.05, 4.69) is 26.0 Å². The fraction of sp³-hybridized carbons (Fsp3) is 0.100. The first-order valence-corrected chi connectivity index (χ1v) is 5.68. The fourth-order valence-corrected chi connectivity index (χ4v) is 1.57. The van der Waals surface area contributed by atoms with Crippen LogP contribution in [0.4, 0.5) is 19.1 Å². The van der Waals surface area contributed by atoms with E-state index in [4.69, 9.17) is 5.73 Å². The van der Waals surface area contributed by atoms with Gasteiger partial charge in [-0.1, -0.05) is 15.9 Å². The van der Waals surface area contributed by atoms with Gasteiger partial charge in [0.25, 0.3) is 11.7 Å². The molecule has 0 fully saturated rings. The van der Waals surface area contributed by atoms with Crippen molar-refractivity contribution in [3.63, 3.8) is 0 Å². The first-order valence-electron chi connectivity index (χ1n) is 4.89. The smallest absolute Gasteiger partial charge is 0.368 e. The summed E-state index contributed by atoms with van der Waals surface area (Å²) in [5.41, 5.74) is 5.41. The van der Waals surface area contributed by atoms with Gasteiger partial charge in [0.2, 0.25) is 5.95 Å². The molecule has 0 spiro atoms. The molecule has 100 valence electrons. The molecule has 1 heterocycles. The molecule has 0 saturated carbocycles. The van der Waals surface area contributed by atoms with Gasteiger partial charge in [-0.05, 0) is 24.3 Å². The normalized spacial score (nSPS) is 11.6. The molecule has 0 amide bonds. The second-order valence-corrected chi connectivity index (χ2v) is 4.43. The van der Waals surface area contributed by atoms with Crippen molar-refractivity contribution in [2.75, 3.05) is 5.73 Å². The van der Waals surface area contributed by atoms with Crippen LogP contribution in [0.3, 0.4) is 0 Å². The topological polar surface area (TPSA) is 73.8 Å². The Labute approximate surface area is 113 Å². The number of aromatic nitrogens is 3. The molecule has 0 aliphatic carbocycles. The third kappa shape index (κ3) is 2.75. The highest BCUT2D eigenvalue weighted by Crippen LogP contribution is 2.27. The fourth-order valence-electron chi connectivity index (χ4n) is 1.31. The minimum absolute atomic E-state index is 0.147. The number of hydrogen-bond donors (Lipinski definition) is 1. The molecule has 2 aromatic rings. The van der Waals surface area contributed by atoms with E-state index in [1.54, 1.807) is 12.1 Å². The van der Waals surface area contributed by atoms with Crippen LogP contribution in [0.5, 0.6) is 0 Å². The maximum Gasteiger partial charge on any atom is 0.453 e. The van der Waals surface area contributed by atoms with Crippen molar-refractivity contribution in [2.24, 2.45) is 0 Å². The Bertz CT molecular complexity index is 621. The lowest BCUT2D eigenvalue weighted by molar-refractivity contribution is -0.144. The molecule has 1 aromatic heterocycles. The minimum atomic E-state index is -4.75. The quantitative estimate of drug-likeness (QED) is 0.868. The minimum Gasteiger partial charge on any atom is -0.368 e. The Morgan fingerprint density at radius 1 is 1.26 bits per heavy atom. The largest absolute Gasteiger partial charge is 0.453 e. The van der Waals surface area contributed by atoms with Crippen molar-refractivity contribution in [2.45, 2.75) is 6.18 Å². The Hall–Kier alpha value is -1.90. The summed E-state index contributed by atoms with van der Waals surface area (Å²) in [5.74, 6) is -2.84. The summed E-state index contributed by atoms with van der Waals surface area (Å²) in [7, 11) is 0. The van der Waals surface area contributed by atoms with Crippen molar-refractivity contribution in [1.29, 1.82) is 0 Å². The van der Waals surface area contributed by atoms with Crippen LogP contribution in [0.25, 0.3) is 0 Å². The Morgan fingerprint density at radius 2 is 1.84 bits per heavy atom. The zero-order chi connectivity index (χ0) is 14.2. The van der Waals surface area contributed by atoms with Crippen LogP contribution in [0.1, 0.15) is 16.2 Å². The van der Waals surface area contributed by atoms with Gasteiger partial charge in [0.05, 0.1) is 0 Å². The van der Waals surface area contributed by atoms with Crippen LogP contribution in [0.15, 0.2) is 28.7 Å². The molecule has 0 radical (unpaired) electrons. The van der Waals surface area contributed by atoms with Crippen molar-refractivity contribution in [3.05, 3.63) is 40.1 Å². The first-order chi connectivity index (χ1) is 8.79. The molecule has 0 bridgehead atoms. The molecule has 2 N–H and O–H groups in total. The van der Waals surface area contributed by atoms with Crippen LogP contribution in [0, 0.1) is 0 Å². The Kier molecular flexibility index (Phi) is 3.31. The number of alkyl halides is 3. The summed E-state index contributed by atoms with van der Waals surface area (Å²) in [4.78, 5) is 14.9. The summed E-state index contributed by atoms with van der Waals surface area (Å²) in [5, 5.41) is 3.07. The average Bonchev–Trinajstić information content (AvgIpc) is 2.71. The maximum absolute atomic E-state index is 12.4. The summed E-state index contributed by atoms with van der Waals surface area (Å²) in [6, 6.07) is 6.01. The number of nitrogens with two attached hydrogens (primary N) is 1. The zero-order valence-electron chi connectivity index (χ0n) is 9.15. The zero-order valence-corrected chi connectivity index (χ0v) is 10.7. The van der Waals surface area contributed by atoms with E-state index in [1.807, 2.05) is 0 Å². The highest BCUT2D eigenvalue weighted by molar-refractivity contribution is 9.10. The van der Waals surface area contributed by atoms with E-state index in [0.29, 0.717) is 4.68 Å². The molecule has 0 unspecified atom stereocenters. The highest BCUT2D eigenvalue weighted by Gasteiger charge is 2.37. The first kappa shape index (κ1) is 13.5. The van der Waals surface area contributed by atoms with Crippen molar-refractivity contribution < 1.29 is 18.0 Å². The summed E-state index contributed by atoms with van der Waals surface area (Å²) >= 11 is 3.18. The molecular weight excluding hydrogens is 329 g/mol. The monoisotopic (exact) mass is 334 g/mol. The van der Waals surface area contributed by atoms with Gasteiger partial charge >= 0.3 is 6.18 Å². The van der Waals surface area contributed by atoms with Crippen LogP contribution < -0.4 is 5.73 Å². The van der Waals surface area contributed by atoms with E-state index in [-0.39, 0.29) is 5.56 Å². The highest BCUT2D eigenvalue weighted by atomic mass is 79.9. The van der Waals surface area contributed by atoms with E-state index in [0.717, 1.165) is 4.47 Å². The predicted molar refractivity (Wildman–Crippen MR) is 63.3 cm³/mol. The number of nitrogen functional groups attached to an aromatic ring is 1. The van der Waals surface area contributed by atoms with Crippen LogP contribution in [0.2, 0.25) is 0 Å². The molecule has 9 heteroatoms. The van der Waals surface area contributed by atoms with E-state index >= 15 is 0 Å². The van der Waals surface area contributed by atoms with E-state index < -0.39 is 23.9 Å². The van der Waals surface area contributed by atoms with Crippen LogP contribution >= 0.6 is 15.9 Å². The third-order valence-electron chi connectivity index (χ3n) is 2.17. The van der Waals surface area contributed by atoms with Crippen molar-refractivity contribution in [1.82, 2.24) is 14.8 Å². The van der Waals surface area contributed by atoms with Crippen LogP contribution in [-0.4, -0.2) is 20.7 Å². The average molecular weight is 335 g/mol. The molecular formula is C10H6BrF3N4O. The Morgan fingerprint density at radius 3 is 2.32 bits per heavy atom. The molecule has 1 aromatic carbocycles. The van der Waals surface area contributed by atoms with Crippen molar-refractivity contribution >= 4 is 27.8 Å². The summed E-state index contributed by atoms with van der Waals surface area (Å²) in [6.07, 6.45) is -4.75. The standard InChI is InChI=1S/C10H6BrF3N4O/c11-6-3-1-5(2-4-6)7(19)18-9(15)16-8(17-18)10(12,13)14/h1-4H,(H2,15,16,17). The Balaban J connectivity index is 2.39. The van der Waals surface area contributed by atoms with Gasteiger partial charge < -0.3 is 5.73 Å². The van der Waals surface area contributed by atoms with Crippen LogP contribution in [-0.2, 0) is 6.18 Å². The number of hydrogen-bond acceptors (Lipinski definition) is 4. The second kappa shape index (κ2) is 4.65.